The average molecular weight is 710 g/mol. The molecule has 0 saturated heterocycles. The largest absolute Gasteiger partial charge is 0.310 e. The summed E-state index contributed by atoms with van der Waals surface area (Å²) in [6.45, 7) is 0. The molecule has 9 aromatic carbocycles. The molecule has 3 heteroatoms. The second kappa shape index (κ2) is 12.2. The SMILES string of the molecule is c1ccc(-c2ccc3c(ccc4cc(-c5ccc(N(c6ccc7c(c6)sc6ccccc67)c6ccc7c(c6)sc6ccccc67)cc5)ccc43)c2)cc1. The Labute approximate surface area is 315 Å². The van der Waals surface area contributed by atoms with E-state index in [4.69, 9.17) is 0 Å². The summed E-state index contributed by atoms with van der Waals surface area (Å²) in [5.74, 6) is 0. The van der Waals surface area contributed by atoms with Crippen molar-refractivity contribution in [3.8, 4) is 22.3 Å². The Morgan fingerprint density at radius 3 is 1.23 bits per heavy atom. The maximum absolute atomic E-state index is 2.41. The van der Waals surface area contributed by atoms with Crippen molar-refractivity contribution in [3.63, 3.8) is 0 Å². The van der Waals surface area contributed by atoms with Gasteiger partial charge in [0.1, 0.15) is 0 Å². The lowest BCUT2D eigenvalue weighted by Crippen LogP contribution is -2.09. The van der Waals surface area contributed by atoms with E-state index in [0.29, 0.717) is 0 Å². The molecule has 2 heterocycles. The lowest BCUT2D eigenvalue weighted by molar-refractivity contribution is 1.30. The van der Waals surface area contributed by atoms with E-state index in [1.807, 2.05) is 22.7 Å². The second-order valence-electron chi connectivity index (χ2n) is 13.7. The minimum absolute atomic E-state index is 1.13. The Hall–Kier alpha value is -6.26. The zero-order chi connectivity index (χ0) is 34.9. The second-order valence-corrected chi connectivity index (χ2v) is 15.9. The molecule has 1 nitrogen and oxygen atoms in total. The third-order valence-corrected chi connectivity index (χ3v) is 12.9. The van der Waals surface area contributed by atoms with Crippen LogP contribution in [-0.4, -0.2) is 0 Å². The van der Waals surface area contributed by atoms with E-state index < -0.39 is 0 Å². The Morgan fingerprint density at radius 1 is 0.264 bits per heavy atom. The number of rotatable bonds is 5. The van der Waals surface area contributed by atoms with Gasteiger partial charge in [0, 0.05) is 57.4 Å². The maximum Gasteiger partial charge on any atom is 0.0476 e. The van der Waals surface area contributed by atoms with Crippen LogP contribution in [0.4, 0.5) is 17.1 Å². The third kappa shape index (κ3) is 5.12. The molecular weight excluding hydrogens is 679 g/mol. The van der Waals surface area contributed by atoms with Crippen LogP contribution in [0.25, 0.3) is 84.1 Å². The highest BCUT2D eigenvalue weighted by atomic mass is 32.1. The molecule has 11 aromatic rings. The number of benzene rings is 9. The molecule has 0 saturated carbocycles. The summed E-state index contributed by atoms with van der Waals surface area (Å²) >= 11 is 3.73. The number of anilines is 3. The quantitative estimate of drug-likeness (QED) is 0.161. The molecule has 0 bridgehead atoms. The van der Waals surface area contributed by atoms with Gasteiger partial charge in [0.25, 0.3) is 0 Å². The fourth-order valence-electron chi connectivity index (χ4n) is 8.02. The number of fused-ring (bicyclic) bond motifs is 9. The molecule has 0 fully saturated rings. The van der Waals surface area contributed by atoms with Crippen molar-refractivity contribution in [2.45, 2.75) is 0 Å². The van der Waals surface area contributed by atoms with E-state index in [9.17, 15) is 0 Å². The standard InChI is InChI=1S/C50H31NS2/c1-2-8-32(9-3-1)34-18-24-41-36(28-34)14-15-37-29-35(19-25-42(37)41)33-16-20-38(21-17-33)51(39-22-26-45-43-10-4-6-12-47(43)52-49(45)30-39)40-23-27-46-44-11-5-7-13-48(44)53-50(46)31-40/h1-31H. The van der Waals surface area contributed by atoms with Gasteiger partial charge in [-0.05, 0) is 104 Å². The highest BCUT2D eigenvalue weighted by Gasteiger charge is 2.17. The van der Waals surface area contributed by atoms with Gasteiger partial charge in [-0.2, -0.15) is 0 Å². The molecule has 248 valence electrons. The van der Waals surface area contributed by atoms with Gasteiger partial charge in [-0.1, -0.05) is 127 Å². The summed E-state index contributed by atoms with van der Waals surface area (Å²) in [6, 6.07) is 69.2. The van der Waals surface area contributed by atoms with Crippen molar-refractivity contribution in [2.75, 3.05) is 4.90 Å². The first kappa shape index (κ1) is 30.4. The van der Waals surface area contributed by atoms with E-state index in [-0.39, 0.29) is 0 Å². The molecule has 11 rings (SSSR count). The van der Waals surface area contributed by atoms with Gasteiger partial charge >= 0.3 is 0 Å². The third-order valence-electron chi connectivity index (χ3n) is 10.6. The van der Waals surface area contributed by atoms with Crippen LogP contribution in [0.5, 0.6) is 0 Å². The van der Waals surface area contributed by atoms with Crippen LogP contribution in [0.2, 0.25) is 0 Å². The summed E-state index contributed by atoms with van der Waals surface area (Å²) in [5.41, 5.74) is 8.36. The number of hydrogen-bond donors (Lipinski definition) is 0. The first-order valence-electron chi connectivity index (χ1n) is 18.0. The van der Waals surface area contributed by atoms with E-state index in [2.05, 4.69) is 193 Å². The summed E-state index contributed by atoms with van der Waals surface area (Å²) in [7, 11) is 0. The molecule has 0 atom stereocenters. The Kier molecular flexibility index (Phi) is 6.97. The smallest absolute Gasteiger partial charge is 0.0476 e. The van der Waals surface area contributed by atoms with Gasteiger partial charge in [0.05, 0.1) is 0 Å². The first-order chi connectivity index (χ1) is 26.2. The number of thiophene rings is 2. The van der Waals surface area contributed by atoms with E-state index in [1.165, 1.54) is 84.1 Å². The van der Waals surface area contributed by atoms with Gasteiger partial charge in [-0.15, -0.1) is 22.7 Å². The van der Waals surface area contributed by atoms with Gasteiger partial charge in [0.15, 0.2) is 0 Å². The minimum atomic E-state index is 1.13. The van der Waals surface area contributed by atoms with Gasteiger partial charge in [0.2, 0.25) is 0 Å². The Balaban J connectivity index is 0.993. The fraction of sp³-hybridized carbons (Fsp3) is 0. The summed E-state index contributed by atoms with van der Waals surface area (Å²) < 4.78 is 5.24. The lowest BCUT2D eigenvalue weighted by Gasteiger charge is -2.26. The van der Waals surface area contributed by atoms with E-state index >= 15 is 0 Å². The summed E-state index contributed by atoms with van der Waals surface area (Å²) in [4.78, 5) is 2.41. The van der Waals surface area contributed by atoms with Crippen molar-refractivity contribution in [1.82, 2.24) is 0 Å². The van der Waals surface area contributed by atoms with Crippen LogP contribution < -0.4 is 4.90 Å². The van der Waals surface area contributed by atoms with Gasteiger partial charge < -0.3 is 4.90 Å². The zero-order valence-electron chi connectivity index (χ0n) is 28.7. The molecule has 0 aliphatic rings. The first-order valence-corrected chi connectivity index (χ1v) is 19.6. The predicted octanol–water partition coefficient (Wildman–Crippen LogP) is 15.5. The molecular formula is C50H31NS2. The van der Waals surface area contributed by atoms with Crippen molar-refractivity contribution in [2.24, 2.45) is 0 Å². The highest BCUT2D eigenvalue weighted by Crippen LogP contribution is 2.43. The van der Waals surface area contributed by atoms with Crippen LogP contribution in [0.3, 0.4) is 0 Å². The van der Waals surface area contributed by atoms with Crippen LogP contribution in [0.1, 0.15) is 0 Å². The van der Waals surface area contributed by atoms with Crippen LogP contribution in [0, 0.1) is 0 Å². The van der Waals surface area contributed by atoms with E-state index in [1.54, 1.807) is 0 Å². The van der Waals surface area contributed by atoms with Crippen LogP contribution >= 0.6 is 22.7 Å². The predicted molar refractivity (Wildman–Crippen MR) is 233 cm³/mol. The average Bonchev–Trinajstić information content (AvgIpc) is 3.79. The highest BCUT2D eigenvalue weighted by molar-refractivity contribution is 7.26. The van der Waals surface area contributed by atoms with Crippen LogP contribution in [0.15, 0.2) is 188 Å². The van der Waals surface area contributed by atoms with Crippen molar-refractivity contribution in [1.29, 1.82) is 0 Å². The molecule has 0 spiro atoms. The molecule has 2 aromatic heterocycles. The minimum Gasteiger partial charge on any atom is -0.310 e. The van der Waals surface area contributed by atoms with Crippen molar-refractivity contribution < 1.29 is 0 Å². The molecule has 0 unspecified atom stereocenters. The lowest BCUT2D eigenvalue weighted by atomic mass is 9.95. The maximum atomic E-state index is 2.41. The van der Waals surface area contributed by atoms with Gasteiger partial charge in [-0.3, -0.25) is 0 Å². The fourth-order valence-corrected chi connectivity index (χ4v) is 10.3. The summed E-state index contributed by atoms with van der Waals surface area (Å²) in [5, 5.41) is 10.3. The Morgan fingerprint density at radius 2 is 0.679 bits per heavy atom. The molecule has 0 aliphatic heterocycles. The molecule has 0 aliphatic carbocycles. The molecule has 53 heavy (non-hydrogen) atoms. The number of hydrogen-bond acceptors (Lipinski definition) is 3. The Bertz CT molecular complexity index is 3060. The molecule has 0 radical (unpaired) electrons. The zero-order valence-corrected chi connectivity index (χ0v) is 30.3. The molecule has 0 N–H and O–H groups in total. The number of nitrogens with zero attached hydrogens (tertiary/aromatic N) is 1. The topological polar surface area (TPSA) is 3.24 Å². The van der Waals surface area contributed by atoms with E-state index in [0.717, 1.165) is 17.1 Å². The normalized spacial score (nSPS) is 11.8. The summed E-state index contributed by atoms with van der Waals surface area (Å²) in [6.07, 6.45) is 0. The van der Waals surface area contributed by atoms with Gasteiger partial charge in [-0.25, -0.2) is 0 Å². The monoisotopic (exact) mass is 709 g/mol. The van der Waals surface area contributed by atoms with Crippen molar-refractivity contribution >= 4 is 102 Å². The molecule has 0 amide bonds. The van der Waals surface area contributed by atoms with Crippen LogP contribution in [-0.2, 0) is 0 Å². The van der Waals surface area contributed by atoms with Crippen molar-refractivity contribution in [3.05, 3.63) is 188 Å².